The molecule has 0 bridgehead atoms. The molecule has 4 rings (SSSR count). The predicted molar refractivity (Wildman–Crippen MR) is 94.0 cm³/mol. The Morgan fingerprint density at radius 1 is 1.31 bits per heavy atom. The second kappa shape index (κ2) is 7.40. The number of halogens is 1. The van der Waals surface area contributed by atoms with E-state index < -0.39 is 6.17 Å². The third-order valence-corrected chi connectivity index (χ3v) is 5.23. The number of nitrogens with zero attached hydrogens (tertiary/aromatic N) is 1. The first kappa shape index (κ1) is 16.9. The lowest BCUT2D eigenvalue weighted by Crippen LogP contribution is -2.42. The van der Waals surface area contributed by atoms with E-state index in [0.717, 1.165) is 30.7 Å². The van der Waals surface area contributed by atoms with Gasteiger partial charge in [-0.15, -0.1) is 0 Å². The summed E-state index contributed by atoms with van der Waals surface area (Å²) in [4.78, 5) is 13.0. The molecule has 3 atom stereocenters. The Morgan fingerprint density at radius 2 is 2.19 bits per heavy atom. The molecule has 3 unspecified atom stereocenters. The highest BCUT2D eigenvalue weighted by molar-refractivity contribution is 5.48. The summed E-state index contributed by atoms with van der Waals surface area (Å²) in [5, 5.41) is 0. The monoisotopic (exact) mass is 359 g/mol. The average molecular weight is 359 g/mol. The van der Waals surface area contributed by atoms with Crippen molar-refractivity contribution < 1.29 is 23.4 Å². The topological polar surface area (TPSA) is 48.0 Å². The van der Waals surface area contributed by atoms with Gasteiger partial charge in [-0.3, -0.25) is 4.79 Å². The number of rotatable bonds is 5. The van der Waals surface area contributed by atoms with Crippen LogP contribution in [0.1, 0.15) is 12.8 Å². The van der Waals surface area contributed by atoms with Crippen LogP contribution in [0.4, 0.5) is 4.39 Å². The van der Waals surface area contributed by atoms with Gasteiger partial charge in [0.05, 0.1) is 6.61 Å². The molecule has 6 heteroatoms. The maximum atomic E-state index is 13.4. The van der Waals surface area contributed by atoms with Gasteiger partial charge in [0, 0.05) is 31.5 Å². The zero-order valence-corrected chi connectivity index (χ0v) is 14.5. The molecule has 0 spiro atoms. The Balaban J connectivity index is 1.45. The highest BCUT2D eigenvalue weighted by Crippen LogP contribution is 2.36. The zero-order valence-electron chi connectivity index (χ0n) is 14.5. The van der Waals surface area contributed by atoms with Crippen LogP contribution in [0.5, 0.6) is 17.2 Å². The molecule has 2 aliphatic heterocycles. The highest BCUT2D eigenvalue weighted by Gasteiger charge is 2.32. The first-order valence-corrected chi connectivity index (χ1v) is 8.97. The largest absolute Gasteiger partial charge is 0.493 e. The molecule has 1 fully saturated rings. The number of hydrogen-bond acceptors (Lipinski definition) is 4. The van der Waals surface area contributed by atoms with Gasteiger partial charge in [-0.25, -0.2) is 4.39 Å². The Hall–Kier alpha value is -2.50. The van der Waals surface area contributed by atoms with Gasteiger partial charge < -0.3 is 19.1 Å². The van der Waals surface area contributed by atoms with E-state index in [-0.39, 0.29) is 18.6 Å². The number of allylic oxidation sites excluding steroid dienone is 4. The molecule has 0 saturated carbocycles. The van der Waals surface area contributed by atoms with Crippen LogP contribution >= 0.6 is 0 Å². The fourth-order valence-corrected chi connectivity index (χ4v) is 3.82. The minimum Gasteiger partial charge on any atom is -0.493 e. The van der Waals surface area contributed by atoms with Crippen molar-refractivity contribution in [2.24, 2.45) is 11.8 Å². The molecule has 0 radical (unpaired) electrons. The van der Waals surface area contributed by atoms with Gasteiger partial charge in [-0.1, -0.05) is 18.2 Å². The Morgan fingerprint density at radius 3 is 3.00 bits per heavy atom. The Kier molecular flexibility index (Phi) is 4.82. The molecule has 1 saturated heterocycles. The van der Waals surface area contributed by atoms with Crippen LogP contribution in [0.15, 0.2) is 42.0 Å². The van der Waals surface area contributed by atoms with E-state index in [1.54, 1.807) is 11.0 Å². The van der Waals surface area contributed by atoms with Gasteiger partial charge in [-0.05, 0) is 30.0 Å². The number of ether oxygens (including phenoxy) is 3. The molecule has 3 aliphatic rings. The van der Waals surface area contributed by atoms with E-state index in [9.17, 15) is 9.18 Å². The molecule has 5 nitrogen and oxygen atoms in total. The maximum absolute atomic E-state index is 13.4. The predicted octanol–water partition coefficient (Wildman–Crippen LogP) is 3.11. The first-order valence-electron chi connectivity index (χ1n) is 8.97. The van der Waals surface area contributed by atoms with E-state index in [2.05, 4.69) is 0 Å². The number of fused-ring (bicyclic) bond motifs is 1. The molecule has 0 N–H and O–H groups in total. The van der Waals surface area contributed by atoms with Crippen LogP contribution in [-0.2, 0) is 4.79 Å². The molecule has 138 valence electrons. The normalized spacial score (nSPS) is 27.2. The Labute approximate surface area is 152 Å². The number of alkyl halides is 1. The summed E-state index contributed by atoms with van der Waals surface area (Å²) in [6, 6.07) is 5.52. The third kappa shape index (κ3) is 3.54. The van der Waals surface area contributed by atoms with Gasteiger partial charge in [0.15, 0.2) is 11.5 Å². The van der Waals surface area contributed by atoms with Crippen LogP contribution < -0.4 is 14.2 Å². The second-order valence-corrected chi connectivity index (χ2v) is 6.90. The van der Waals surface area contributed by atoms with Gasteiger partial charge in [0.25, 0.3) is 0 Å². The number of likely N-dealkylation sites (tertiary alicyclic amines) is 1. The SMILES string of the molecule is O=CN1CCC(C2=CCC(F)C=C2)C(COc2ccc3c(c2)OCO3)C1. The second-order valence-electron chi connectivity index (χ2n) is 6.90. The summed E-state index contributed by atoms with van der Waals surface area (Å²) in [6.07, 6.45) is 6.79. The van der Waals surface area contributed by atoms with Crippen molar-refractivity contribution in [3.05, 3.63) is 42.0 Å². The number of carbonyl (C=O) groups is 1. The quantitative estimate of drug-likeness (QED) is 0.758. The van der Waals surface area contributed by atoms with Crippen molar-refractivity contribution in [1.82, 2.24) is 4.90 Å². The van der Waals surface area contributed by atoms with Crippen molar-refractivity contribution >= 4 is 6.41 Å². The van der Waals surface area contributed by atoms with E-state index in [1.807, 2.05) is 30.4 Å². The van der Waals surface area contributed by atoms with Gasteiger partial charge in [0.1, 0.15) is 11.9 Å². The summed E-state index contributed by atoms with van der Waals surface area (Å²) >= 11 is 0. The lowest BCUT2D eigenvalue weighted by Gasteiger charge is -2.38. The third-order valence-electron chi connectivity index (χ3n) is 5.23. The zero-order chi connectivity index (χ0) is 17.9. The highest BCUT2D eigenvalue weighted by atomic mass is 19.1. The van der Waals surface area contributed by atoms with Crippen LogP contribution in [0.25, 0.3) is 0 Å². The van der Waals surface area contributed by atoms with Crippen molar-refractivity contribution in [2.75, 3.05) is 26.5 Å². The molecule has 1 aromatic rings. The summed E-state index contributed by atoms with van der Waals surface area (Å²) in [6.45, 7) is 2.08. The fourth-order valence-electron chi connectivity index (χ4n) is 3.82. The average Bonchev–Trinajstić information content (AvgIpc) is 3.14. The molecule has 1 amide bonds. The standard InChI is InChI=1S/C20H22FNO4/c21-16-3-1-14(2-4-16)18-7-8-22(12-23)10-15(18)11-24-17-5-6-19-20(9-17)26-13-25-19/h1-3,5-6,9,12,15-16,18H,4,7-8,10-11,13H2. The first-order chi connectivity index (χ1) is 12.7. The summed E-state index contributed by atoms with van der Waals surface area (Å²) in [5.74, 6) is 2.55. The van der Waals surface area contributed by atoms with Gasteiger partial charge in [0.2, 0.25) is 13.2 Å². The van der Waals surface area contributed by atoms with Gasteiger partial charge >= 0.3 is 0 Å². The Bertz CT molecular complexity index is 733. The molecule has 2 heterocycles. The van der Waals surface area contributed by atoms with E-state index in [1.165, 1.54) is 0 Å². The summed E-state index contributed by atoms with van der Waals surface area (Å²) < 4.78 is 30.1. The van der Waals surface area contributed by atoms with E-state index >= 15 is 0 Å². The lowest BCUT2D eigenvalue weighted by molar-refractivity contribution is -0.120. The van der Waals surface area contributed by atoms with Gasteiger partial charge in [-0.2, -0.15) is 0 Å². The number of hydrogen-bond donors (Lipinski definition) is 0. The van der Waals surface area contributed by atoms with Crippen LogP contribution in [0.2, 0.25) is 0 Å². The minimum absolute atomic E-state index is 0.159. The number of amides is 1. The molecule has 26 heavy (non-hydrogen) atoms. The fraction of sp³-hybridized carbons (Fsp3) is 0.450. The van der Waals surface area contributed by atoms with Crippen molar-refractivity contribution in [3.8, 4) is 17.2 Å². The van der Waals surface area contributed by atoms with Crippen molar-refractivity contribution in [2.45, 2.75) is 19.0 Å². The van der Waals surface area contributed by atoms with E-state index in [0.29, 0.717) is 31.1 Å². The molecule has 1 aromatic carbocycles. The van der Waals surface area contributed by atoms with Crippen LogP contribution in [0, 0.1) is 11.8 Å². The van der Waals surface area contributed by atoms with Crippen LogP contribution in [0.3, 0.4) is 0 Å². The molecular weight excluding hydrogens is 337 g/mol. The molecular formula is C20H22FNO4. The summed E-state index contributed by atoms with van der Waals surface area (Å²) in [7, 11) is 0. The smallest absolute Gasteiger partial charge is 0.231 e. The maximum Gasteiger partial charge on any atom is 0.231 e. The number of carbonyl (C=O) groups excluding carboxylic acids is 1. The van der Waals surface area contributed by atoms with Crippen molar-refractivity contribution in [3.63, 3.8) is 0 Å². The molecule has 0 aromatic heterocycles. The summed E-state index contributed by atoms with van der Waals surface area (Å²) in [5.41, 5.74) is 1.16. The number of piperidine rings is 1. The minimum atomic E-state index is -0.892. The molecule has 1 aliphatic carbocycles. The lowest BCUT2D eigenvalue weighted by atomic mass is 9.79. The van der Waals surface area contributed by atoms with Crippen LogP contribution in [-0.4, -0.2) is 44.0 Å². The van der Waals surface area contributed by atoms with Crippen molar-refractivity contribution in [1.29, 1.82) is 0 Å². The van der Waals surface area contributed by atoms with E-state index in [4.69, 9.17) is 14.2 Å². The number of benzene rings is 1.